The molecule has 35 heavy (non-hydrogen) atoms. The fourth-order valence-corrected chi connectivity index (χ4v) is 11.0. The SMILES string of the molecule is CCN1C[C@]2(COC)[C@H](O)C[C@H](OC)[C@]34C1[C@H]([C@H](OC)[C@H]23)[C@]1(O)[C@H]2[C@@H](O)[C@@](O)(C[C@H]24)[C@@H](OC)[C@@H]1O. The van der Waals surface area contributed by atoms with Crippen LogP contribution in [0.1, 0.15) is 19.8 Å². The van der Waals surface area contributed by atoms with Crippen molar-refractivity contribution >= 4 is 0 Å². The van der Waals surface area contributed by atoms with Crippen molar-refractivity contribution < 1.29 is 44.5 Å². The van der Waals surface area contributed by atoms with Gasteiger partial charge >= 0.3 is 0 Å². The van der Waals surface area contributed by atoms with Crippen LogP contribution in [0, 0.1) is 34.5 Å². The molecule has 1 aliphatic heterocycles. The van der Waals surface area contributed by atoms with E-state index in [1.807, 2.05) is 0 Å². The molecule has 1 unspecified atom stereocenters. The highest BCUT2D eigenvalue weighted by Crippen LogP contribution is 2.79. The summed E-state index contributed by atoms with van der Waals surface area (Å²) in [6.45, 7) is 3.58. The van der Waals surface area contributed by atoms with Gasteiger partial charge < -0.3 is 44.5 Å². The number of methoxy groups -OCH3 is 4. The van der Waals surface area contributed by atoms with Crippen molar-refractivity contribution in [3.63, 3.8) is 0 Å². The van der Waals surface area contributed by atoms with E-state index in [2.05, 4.69) is 11.8 Å². The van der Waals surface area contributed by atoms with Crippen LogP contribution >= 0.6 is 0 Å². The molecule has 0 aromatic heterocycles. The summed E-state index contributed by atoms with van der Waals surface area (Å²) >= 11 is 0. The second-order valence-electron chi connectivity index (χ2n) is 12.1. The molecule has 10 heteroatoms. The monoisotopic (exact) mass is 499 g/mol. The number of piperidine rings is 1. The minimum Gasteiger partial charge on any atom is -0.392 e. The fourth-order valence-electron chi connectivity index (χ4n) is 11.0. The summed E-state index contributed by atoms with van der Waals surface area (Å²) < 4.78 is 23.7. The van der Waals surface area contributed by atoms with Gasteiger partial charge in [-0.2, -0.15) is 0 Å². The highest BCUT2D eigenvalue weighted by molar-refractivity contribution is 5.39. The van der Waals surface area contributed by atoms with Gasteiger partial charge in [0, 0.05) is 76.0 Å². The van der Waals surface area contributed by atoms with E-state index >= 15 is 0 Å². The predicted octanol–water partition coefficient (Wildman–Crippen LogP) is -1.79. The molecule has 5 aliphatic carbocycles. The van der Waals surface area contributed by atoms with Crippen LogP contribution in [0.5, 0.6) is 0 Å². The minimum atomic E-state index is -1.76. The summed E-state index contributed by atoms with van der Waals surface area (Å²) in [4.78, 5) is 2.29. The van der Waals surface area contributed by atoms with Crippen LogP contribution in [0.2, 0.25) is 0 Å². The number of aliphatic hydroxyl groups is 5. The normalized spacial score (nSPS) is 62.4. The summed E-state index contributed by atoms with van der Waals surface area (Å²) in [5.74, 6) is -2.04. The Morgan fingerprint density at radius 1 is 0.943 bits per heavy atom. The van der Waals surface area contributed by atoms with Gasteiger partial charge in [-0.3, -0.25) is 4.90 Å². The number of rotatable bonds is 6. The van der Waals surface area contributed by atoms with Gasteiger partial charge in [0.05, 0.1) is 31.0 Å². The molecule has 10 nitrogen and oxygen atoms in total. The van der Waals surface area contributed by atoms with Crippen molar-refractivity contribution in [3.05, 3.63) is 0 Å². The third kappa shape index (κ3) is 2.35. The van der Waals surface area contributed by atoms with E-state index in [4.69, 9.17) is 18.9 Å². The van der Waals surface area contributed by atoms with Gasteiger partial charge in [0.2, 0.25) is 0 Å². The Hall–Kier alpha value is -0.400. The van der Waals surface area contributed by atoms with Crippen LogP contribution in [0.3, 0.4) is 0 Å². The number of ether oxygens (including phenoxy) is 4. The zero-order valence-electron chi connectivity index (χ0n) is 21.2. The van der Waals surface area contributed by atoms with Crippen molar-refractivity contribution in [1.82, 2.24) is 4.90 Å². The third-order valence-electron chi connectivity index (χ3n) is 11.7. The molecule has 0 aromatic carbocycles. The Kier molecular flexibility index (Phi) is 5.40. The van der Waals surface area contributed by atoms with Crippen molar-refractivity contribution in [1.29, 1.82) is 0 Å². The van der Waals surface area contributed by atoms with E-state index in [-0.39, 0.29) is 18.4 Å². The molecule has 6 fully saturated rings. The number of likely N-dealkylation sites (tertiary alicyclic amines) is 1. The number of fused-ring (bicyclic) bond motifs is 2. The molecule has 0 radical (unpaired) electrons. The van der Waals surface area contributed by atoms with E-state index in [9.17, 15) is 25.5 Å². The van der Waals surface area contributed by atoms with Crippen LogP contribution in [0.4, 0.5) is 0 Å². The maximum absolute atomic E-state index is 12.6. The van der Waals surface area contributed by atoms with Crippen LogP contribution in [-0.4, -0.2) is 132 Å². The van der Waals surface area contributed by atoms with Crippen LogP contribution in [-0.2, 0) is 18.9 Å². The van der Waals surface area contributed by atoms with Gasteiger partial charge in [-0.05, 0) is 18.9 Å². The van der Waals surface area contributed by atoms with E-state index in [0.29, 0.717) is 26.1 Å². The van der Waals surface area contributed by atoms with Gasteiger partial charge in [-0.1, -0.05) is 6.92 Å². The van der Waals surface area contributed by atoms with Gasteiger partial charge in [-0.25, -0.2) is 0 Å². The lowest BCUT2D eigenvalue weighted by Gasteiger charge is -2.70. The summed E-state index contributed by atoms with van der Waals surface area (Å²) in [7, 11) is 6.29. The molecule has 15 atom stereocenters. The molecular formula is C25H41NO9. The quantitative estimate of drug-likeness (QED) is 0.285. The molecule has 1 spiro atoms. The van der Waals surface area contributed by atoms with Crippen LogP contribution in [0.15, 0.2) is 0 Å². The maximum atomic E-state index is 12.6. The number of hydrogen-bond acceptors (Lipinski definition) is 10. The first-order valence-electron chi connectivity index (χ1n) is 12.9. The highest BCUT2D eigenvalue weighted by Gasteiger charge is 2.90. The second kappa shape index (κ2) is 7.59. The Morgan fingerprint density at radius 3 is 2.23 bits per heavy atom. The van der Waals surface area contributed by atoms with E-state index < -0.39 is 76.4 Å². The molecule has 0 amide bonds. The molecule has 6 rings (SSSR count). The van der Waals surface area contributed by atoms with E-state index in [0.717, 1.165) is 0 Å². The average molecular weight is 500 g/mol. The topological polar surface area (TPSA) is 141 Å². The Bertz CT molecular complexity index is 878. The lowest BCUT2D eigenvalue weighted by molar-refractivity contribution is -0.320. The molecule has 1 heterocycles. The molecule has 6 aliphatic rings. The van der Waals surface area contributed by atoms with Crippen LogP contribution < -0.4 is 0 Å². The highest BCUT2D eigenvalue weighted by atomic mass is 16.5. The first kappa shape index (κ1) is 24.9. The number of nitrogens with zero attached hydrogens (tertiary/aromatic N) is 1. The summed E-state index contributed by atoms with van der Waals surface area (Å²) in [6.07, 6.45) is -4.95. The largest absolute Gasteiger partial charge is 0.392 e. The predicted molar refractivity (Wildman–Crippen MR) is 121 cm³/mol. The molecule has 5 saturated carbocycles. The Labute approximate surface area is 206 Å². The first-order chi connectivity index (χ1) is 16.6. The molecule has 0 aromatic rings. The minimum absolute atomic E-state index is 0.156. The lowest BCUT2D eigenvalue weighted by Crippen LogP contribution is -2.81. The number of aliphatic hydroxyl groups excluding tert-OH is 3. The summed E-state index contributed by atoms with van der Waals surface area (Å²) in [5.41, 5.74) is -4.81. The van der Waals surface area contributed by atoms with Crippen LogP contribution in [0.25, 0.3) is 0 Å². The number of hydrogen-bond donors (Lipinski definition) is 5. The lowest BCUT2D eigenvalue weighted by atomic mass is 9.42. The van der Waals surface area contributed by atoms with Gasteiger partial charge in [-0.15, -0.1) is 0 Å². The van der Waals surface area contributed by atoms with Crippen molar-refractivity contribution in [2.24, 2.45) is 34.5 Å². The molecule has 1 saturated heterocycles. The van der Waals surface area contributed by atoms with Crippen molar-refractivity contribution in [2.45, 2.75) is 73.6 Å². The van der Waals surface area contributed by atoms with Gasteiger partial charge in [0.15, 0.2) is 0 Å². The average Bonchev–Trinajstić information content (AvgIpc) is 3.19. The summed E-state index contributed by atoms with van der Waals surface area (Å²) in [6, 6.07) is -0.240. The Balaban J connectivity index is 1.68. The molecule has 200 valence electrons. The fraction of sp³-hybridized carbons (Fsp3) is 1.00. The Morgan fingerprint density at radius 2 is 1.66 bits per heavy atom. The van der Waals surface area contributed by atoms with Gasteiger partial charge in [0.25, 0.3) is 0 Å². The second-order valence-corrected chi connectivity index (χ2v) is 12.1. The smallest absolute Gasteiger partial charge is 0.120 e. The van der Waals surface area contributed by atoms with Crippen molar-refractivity contribution in [2.75, 3.05) is 48.1 Å². The molecule has 5 N–H and O–H groups in total. The van der Waals surface area contributed by atoms with E-state index in [1.54, 1.807) is 21.3 Å². The summed E-state index contributed by atoms with van der Waals surface area (Å²) in [5, 5.41) is 59.3. The molecular weight excluding hydrogens is 458 g/mol. The third-order valence-corrected chi connectivity index (χ3v) is 11.7. The maximum Gasteiger partial charge on any atom is 0.120 e. The zero-order valence-corrected chi connectivity index (χ0v) is 21.2. The zero-order chi connectivity index (χ0) is 25.3. The van der Waals surface area contributed by atoms with Crippen molar-refractivity contribution in [3.8, 4) is 0 Å². The standard InChI is InChI=1S/C25H41NO9/c1-6-26-9-22(10-32-2)12(27)7-13(33-3)24-11-8-23(30)19(28)14(11)25(31,20(29)21(23)35-5)15(18(24)26)16(34-4)17(22)24/h11-21,27-31H,6-10H2,1-5H3/t11-,12-,13+,14-,15+,16+,17-,18?,19-,20+,21+,22+,23+,24+,25-/m1/s1. The van der Waals surface area contributed by atoms with Gasteiger partial charge in [0.1, 0.15) is 23.4 Å². The molecule has 7 bridgehead atoms. The van der Waals surface area contributed by atoms with E-state index in [1.165, 1.54) is 7.11 Å². The first-order valence-corrected chi connectivity index (χ1v) is 12.9.